The highest BCUT2D eigenvalue weighted by molar-refractivity contribution is 5.09. The second-order valence-corrected chi connectivity index (χ2v) is 4.16. The van der Waals surface area contributed by atoms with Crippen molar-refractivity contribution in [3.05, 3.63) is 18.0 Å². The predicted molar refractivity (Wildman–Crippen MR) is 65.5 cm³/mol. The summed E-state index contributed by atoms with van der Waals surface area (Å²) in [5.41, 5.74) is 1.24. The van der Waals surface area contributed by atoms with Crippen LogP contribution in [0.3, 0.4) is 0 Å². The van der Waals surface area contributed by atoms with E-state index in [-0.39, 0.29) is 0 Å². The van der Waals surface area contributed by atoms with Gasteiger partial charge in [0.05, 0.1) is 12.2 Å². The van der Waals surface area contributed by atoms with Crippen LogP contribution in [0.1, 0.15) is 44.8 Å². The maximum atomic E-state index is 5.07. The van der Waals surface area contributed by atoms with E-state index in [1.807, 2.05) is 10.9 Å². The molecule has 0 aliphatic carbocycles. The van der Waals surface area contributed by atoms with Gasteiger partial charge in [-0.15, -0.1) is 0 Å². The van der Waals surface area contributed by atoms with Gasteiger partial charge in [0.1, 0.15) is 0 Å². The average molecular weight is 225 g/mol. The van der Waals surface area contributed by atoms with Crippen LogP contribution in [-0.2, 0) is 4.74 Å². The van der Waals surface area contributed by atoms with Crippen LogP contribution in [0.25, 0.3) is 0 Å². The fourth-order valence-corrected chi connectivity index (χ4v) is 1.66. The van der Waals surface area contributed by atoms with Gasteiger partial charge in [-0.2, -0.15) is 5.10 Å². The van der Waals surface area contributed by atoms with E-state index in [0.717, 1.165) is 19.6 Å². The van der Waals surface area contributed by atoms with E-state index >= 15 is 0 Å². The molecule has 0 radical (unpaired) electrons. The van der Waals surface area contributed by atoms with Crippen molar-refractivity contribution in [2.75, 3.05) is 20.3 Å². The number of ether oxygens (including phenoxy) is 1. The number of methoxy groups -OCH3 is 1. The van der Waals surface area contributed by atoms with Crippen LogP contribution in [0.15, 0.2) is 12.4 Å². The largest absolute Gasteiger partial charge is 0.385 e. The predicted octanol–water partition coefficient (Wildman–Crippen LogP) is 2.15. The average Bonchev–Trinajstić information content (AvgIpc) is 2.75. The van der Waals surface area contributed by atoms with Crippen LogP contribution in [-0.4, -0.2) is 30.0 Å². The summed E-state index contributed by atoms with van der Waals surface area (Å²) in [5, 5.41) is 7.77. The molecule has 2 unspecified atom stereocenters. The third-order valence-corrected chi connectivity index (χ3v) is 2.82. The maximum absolute atomic E-state index is 5.07. The van der Waals surface area contributed by atoms with Crippen LogP contribution >= 0.6 is 0 Å². The van der Waals surface area contributed by atoms with Crippen LogP contribution in [0, 0.1) is 0 Å². The van der Waals surface area contributed by atoms with Crippen LogP contribution in [0.4, 0.5) is 0 Å². The second kappa shape index (κ2) is 6.66. The molecule has 0 aromatic carbocycles. The molecule has 16 heavy (non-hydrogen) atoms. The van der Waals surface area contributed by atoms with Crippen molar-refractivity contribution < 1.29 is 4.74 Å². The van der Waals surface area contributed by atoms with Gasteiger partial charge in [-0.25, -0.2) is 0 Å². The van der Waals surface area contributed by atoms with E-state index in [1.165, 1.54) is 5.56 Å². The minimum Gasteiger partial charge on any atom is -0.385 e. The van der Waals surface area contributed by atoms with Gasteiger partial charge in [-0.3, -0.25) is 4.68 Å². The third-order valence-electron chi connectivity index (χ3n) is 2.82. The van der Waals surface area contributed by atoms with Crippen molar-refractivity contribution >= 4 is 0 Å². The fourth-order valence-electron chi connectivity index (χ4n) is 1.66. The van der Waals surface area contributed by atoms with Gasteiger partial charge in [0, 0.05) is 31.5 Å². The zero-order valence-corrected chi connectivity index (χ0v) is 10.7. The summed E-state index contributed by atoms with van der Waals surface area (Å²) in [6, 6.07) is 0.760. The Morgan fingerprint density at radius 3 is 2.88 bits per heavy atom. The van der Waals surface area contributed by atoms with E-state index in [1.54, 1.807) is 7.11 Å². The maximum Gasteiger partial charge on any atom is 0.0537 e. The quantitative estimate of drug-likeness (QED) is 0.773. The van der Waals surface area contributed by atoms with Gasteiger partial charge in [0.15, 0.2) is 0 Å². The Kier molecular flexibility index (Phi) is 5.49. The standard InChI is InChI=1S/C12H23N3O/c1-5-13-11(3)12-8-14-15(9-12)10(2)6-7-16-4/h8-11,13H,5-7H2,1-4H3. The van der Waals surface area contributed by atoms with Crippen molar-refractivity contribution in [2.24, 2.45) is 0 Å². The molecule has 4 nitrogen and oxygen atoms in total. The van der Waals surface area contributed by atoms with Crippen molar-refractivity contribution in [3.63, 3.8) is 0 Å². The topological polar surface area (TPSA) is 39.1 Å². The van der Waals surface area contributed by atoms with Gasteiger partial charge in [0.25, 0.3) is 0 Å². The minimum atomic E-state index is 0.369. The lowest BCUT2D eigenvalue weighted by Gasteiger charge is -2.12. The van der Waals surface area contributed by atoms with E-state index < -0.39 is 0 Å². The highest BCUT2D eigenvalue weighted by atomic mass is 16.5. The monoisotopic (exact) mass is 225 g/mol. The lowest BCUT2D eigenvalue weighted by molar-refractivity contribution is 0.178. The molecule has 0 saturated heterocycles. The van der Waals surface area contributed by atoms with E-state index in [0.29, 0.717) is 12.1 Å². The molecule has 0 aliphatic heterocycles. The summed E-state index contributed by atoms with van der Waals surface area (Å²) >= 11 is 0. The Bertz CT molecular complexity index is 298. The highest BCUT2D eigenvalue weighted by Crippen LogP contribution is 2.15. The number of aromatic nitrogens is 2. The summed E-state index contributed by atoms with van der Waals surface area (Å²) in [5.74, 6) is 0. The molecule has 1 aromatic heterocycles. The van der Waals surface area contributed by atoms with Crippen LogP contribution in [0.5, 0.6) is 0 Å². The molecule has 1 N–H and O–H groups in total. The van der Waals surface area contributed by atoms with Crippen LogP contribution in [0.2, 0.25) is 0 Å². The van der Waals surface area contributed by atoms with Crippen molar-refractivity contribution in [2.45, 2.75) is 39.3 Å². The number of nitrogens with zero attached hydrogens (tertiary/aromatic N) is 2. The van der Waals surface area contributed by atoms with Gasteiger partial charge in [-0.1, -0.05) is 6.92 Å². The number of rotatable bonds is 7. The molecule has 92 valence electrons. The summed E-state index contributed by atoms with van der Waals surface area (Å²) in [7, 11) is 1.73. The first-order valence-electron chi connectivity index (χ1n) is 5.95. The molecule has 0 spiro atoms. The Labute approximate surface area is 98.0 Å². The molecule has 1 heterocycles. The molecule has 1 aromatic rings. The summed E-state index contributed by atoms with van der Waals surface area (Å²) < 4.78 is 7.09. The van der Waals surface area contributed by atoms with Gasteiger partial charge in [0.2, 0.25) is 0 Å². The van der Waals surface area contributed by atoms with Gasteiger partial charge < -0.3 is 10.1 Å². The van der Waals surface area contributed by atoms with Crippen LogP contribution < -0.4 is 5.32 Å². The SMILES string of the molecule is CCNC(C)c1cnn(C(C)CCOC)c1. The molecule has 2 atom stereocenters. The Hall–Kier alpha value is -0.870. The Morgan fingerprint density at radius 2 is 2.25 bits per heavy atom. The summed E-state index contributed by atoms with van der Waals surface area (Å²) in [6.07, 6.45) is 5.05. The molecule has 4 heteroatoms. The lowest BCUT2D eigenvalue weighted by atomic mass is 10.2. The first-order chi connectivity index (χ1) is 7.69. The van der Waals surface area contributed by atoms with E-state index in [2.05, 4.69) is 37.4 Å². The van der Waals surface area contributed by atoms with Crippen molar-refractivity contribution in [1.29, 1.82) is 0 Å². The van der Waals surface area contributed by atoms with Gasteiger partial charge in [-0.05, 0) is 26.8 Å². The fraction of sp³-hybridized carbons (Fsp3) is 0.750. The normalized spacial score (nSPS) is 15.0. The zero-order chi connectivity index (χ0) is 12.0. The molecule has 0 fully saturated rings. The molecular formula is C12H23N3O. The zero-order valence-electron chi connectivity index (χ0n) is 10.7. The first-order valence-corrected chi connectivity index (χ1v) is 5.95. The van der Waals surface area contributed by atoms with Gasteiger partial charge >= 0.3 is 0 Å². The molecular weight excluding hydrogens is 202 g/mol. The van der Waals surface area contributed by atoms with Crippen molar-refractivity contribution in [1.82, 2.24) is 15.1 Å². The molecule has 0 amide bonds. The lowest BCUT2D eigenvalue weighted by Crippen LogP contribution is -2.17. The summed E-state index contributed by atoms with van der Waals surface area (Å²) in [6.45, 7) is 8.19. The Balaban J connectivity index is 2.56. The number of nitrogens with one attached hydrogen (secondary N) is 1. The summed E-state index contributed by atoms with van der Waals surface area (Å²) in [4.78, 5) is 0. The molecule has 1 rings (SSSR count). The number of hydrogen-bond donors (Lipinski definition) is 1. The Morgan fingerprint density at radius 1 is 1.50 bits per heavy atom. The van der Waals surface area contributed by atoms with E-state index in [4.69, 9.17) is 4.74 Å². The van der Waals surface area contributed by atoms with E-state index in [9.17, 15) is 0 Å². The molecule has 0 saturated carbocycles. The van der Waals surface area contributed by atoms with Crippen molar-refractivity contribution in [3.8, 4) is 0 Å². The molecule has 0 aliphatic rings. The second-order valence-electron chi connectivity index (χ2n) is 4.16. The minimum absolute atomic E-state index is 0.369. The highest BCUT2D eigenvalue weighted by Gasteiger charge is 2.10. The molecule has 0 bridgehead atoms. The number of hydrogen-bond acceptors (Lipinski definition) is 3. The smallest absolute Gasteiger partial charge is 0.0537 e. The third kappa shape index (κ3) is 3.61. The first kappa shape index (κ1) is 13.2.